The summed E-state index contributed by atoms with van der Waals surface area (Å²) in [6, 6.07) is 10.4. The van der Waals surface area contributed by atoms with Gasteiger partial charge in [-0.05, 0) is 36.4 Å². The average molecular weight is 412 g/mol. The monoisotopic (exact) mass is 412 g/mol. The van der Waals surface area contributed by atoms with E-state index in [0.29, 0.717) is 45.0 Å². The number of anilines is 1. The molecule has 0 saturated carbocycles. The molecule has 1 aromatic heterocycles. The van der Waals surface area contributed by atoms with E-state index in [2.05, 4.69) is 0 Å². The zero-order valence-electron chi connectivity index (χ0n) is 16.8. The van der Waals surface area contributed by atoms with E-state index in [0.717, 1.165) is 11.4 Å². The van der Waals surface area contributed by atoms with E-state index >= 15 is 0 Å². The molecular formula is C21H24N4O5. The Kier molecular flexibility index (Phi) is 5.60. The van der Waals surface area contributed by atoms with Crippen LogP contribution >= 0.6 is 0 Å². The number of benzene rings is 1. The number of amides is 4. The second-order valence-corrected chi connectivity index (χ2v) is 7.20. The van der Waals surface area contributed by atoms with Gasteiger partial charge >= 0.3 is 6.03 Å². The van der Waals surface area contributed by atoms with Gasteiger partial charge in [0.15, 0.2) is 5.76 Å². The maximum atomic E-state index is 12.7. The highest BCUT2D eigenvalue weighted by Gasteiger charge is 2.33. The van der Waals surface area contributed by atoms with E-state index in [1.807, 2.05) is 12.1 Å². The minimum Gasteiger partial charge on any atom is -0.497 e. The molecule has 2 fully saturated rings. The molecule has 0 unspecified atom stereocenters. The topological polar surface area (TPSA) is 86.5 Å². The van der Waals surface area contributed by atoms with Gasteiger partial charge in [-0.25, -0.2) is 4.79 Å². The number of hydrogen-bond donors (Lipinski definition) is 0. The third-order valence-corrected chi connectivity index (χ3v) is 5.46. The number of hydrogen-bond acceptors (Lipinski definition) is 5. The Labute approximate surface area is 174 Å². The summed E-state index contributed by atoms with van der Waals surface area (Å²) in [5.41, 5.74) is 0.779. The van der Waals surface area contributed by atoms with E-state index < -0.39 is 0 Å². The number of carbonyl (C=O) groups is 3. The van der Waals surface area contributed by atoms with Gasteiger partial charge in [-0.2, -0.15) is 0 Å². The van der Waals surface area contributed by atoms with Gasteiger partial charge in [0, 0.05) is 45.0 Å². The van der Waals surface area contributed by atoms with Crippen LogP contribution in [0.3, 0.4) is 0 Å². The minimum atomic E-state index is -0.180. The van der Waals surface area contributed by atoms with Crippen molar-refractivity contribution in [2.75, 3.05) is 57.8 Å². The van der Waals surface area contributed by atoms with Gasteiger partial charge in [0.2, 0.25) is 5.91 Å². The van der Waals surface area contributed by atoms with E-state index in [4.69, 9.17) is 9.15 Å². The Morgan fingerprint density at radius 2 is 1.67 bits per heavy atom. The second-order valence-electron chi connectivity index (χ2n) is 7.20. The Balaban J connectivity index is 1.29. The Morgan fingerprint density at radius 1 is 0.967 bits per heavy atom. The second kappa shape index (κ2) is 8.48. The highest BCUT2D eigenvalue weighted by molar-refractivity contribution is 5.96. The maximum Gasteiger partial charge on any atom is 0.325 e. The largest absolute Gasteiger partial charge is 0.497 e. The van der Waals surface area contributed by atoms with Gasteiger partial charge in [-0.3, -0.25) is 14.5 Å². The van der Waals surface area contributed by atoms with Crippen LogP contribution in [0.2, 0.25) is 0 Å². The molecule has 2 saturated heterocycles. The highest BCUT2D eigenvalue weighted by Crippen LogP contribution is 2.23. The first kappa shape index (κ1) is 19.8. The van der Waals surface area contributed by atoms with Crippen molar-refractivity contribution < 1.29 is 23.5 Å². The lowest BCUT2D eigenvalue weighted by Gasteiger charge is -2.35. The Bertz CT molecular complexity index is 904. The van der Waals surface area contributed by atoms with Crippen LogP contribution in [0.25, 0.3) is 0 Å². The molecule has 0 radical (unpaired) electrons. The third-order valence-electron chi connectivity index (χ3n) is 5.46. The van der Waals surface area contributed by atoms with Gasteiger partial charge < -0.3 is 23.9 Å². The van der Waals surface area contributed by atoms with Crippen molar-refractivity contribution in [2.45, 2.75) is 0 Å². The number of furan rings is 1. The Hall–Kier alpha value is -3.49. The molecular weight excluding hydrogens is 388 g/mol. The Morgan fingerprint density at radius 3 is 2.30 bits per heavy atom. The summed E-state index contributed by atoms with van der Waals surface area (Å²) in [6.45, 7) is 2.83. The van der Waals surface area contributed by atoms with Crippen LogP contribution in [0.1, 0.15) is 10.6 Å². The molecule has 2 aromatic rings. The number of rotatable bonds is 5. The van der Waals surface area contributed by atoms with Gasteiger partial charge in [-0.15, -0.1) is 0 Å². The molecule has 9 heteroatoms. The van der Waals surface area contributed by atoms with E-state index in [1.165, 1.54) is 6.26 Å². The van der Waals surface area contributed by atoms with Crippen LogP contribution in [0.5, 0.6) is 5.75 Å². The fourth-order valence-electron chi connectivity index (χ4n) is 3.71. The summed E-state index contributed by atoms with van der Waals surface area (Å²) in [7, 11) is 1.59. The smallest absolute Gasteiger partial charge is 0.325 e. The maximum absolute atomic E-state index is 12.7. The quantitative estimate of drug-likeness (QED) is 0.743. The van der Waals surface area contributed by atoms with Crippen molar-refractivity contribution in [3.05, 3.63) is 48.4 Å². The first-order chi connectivity index (χ1) is 14.6. The van der Waals surface area contributed by atoms with E-state index in [-0.39, 0.29) is 24.4 Å². The van der Waals surface area contributed by atoms with Crippen molar-refractivity contribution in [1.29, 1.82) is 0 Å². The van der Waals surface area contributed by atoms with Crippen LogP contribution < -0.4 is 9.64 Å². The number of carbonyl (C=O) groups excluding carboxylic acids is 3. The molecule has 0 atom stereocenters. The first-order valence-corrected chi connectivity index (χ1v) is 9.88. The van der Waals surface area contributed by atoms with Crippen LogP contribution in [0.4, 0.5) is 10.5 Å². The normalized spacial score (nSPS) is 16.9. The van der Waals surface area contributed by atoms with Gasteiger partial charge in [0.05, 0.1) is 13.4 Å². The SMILES string of the molecule is COc1ccc(N2CCN(CC(=O)N3CCN(C(=O)c4ccco4)CC3)C2=O)cc1. The zero-order valence-corrected chi connectivity index (χ0v) is 16.8. The van der Waals surface area contributed by atoms with Crippen molar-refractivity contribution in [2.24, 2.45) is 0 Å². The number of urea groups is 1. The van der Waals surface area contributed by atoms with E-state index in [9.17, 15) is 14.4 Å². The lowest BCUT2D eigenvalue weighted by Crippen LogP contribution is -2.52. The lowest BCUT2D eigenvalue weighted by molar-refractivity contribution is -0.133. The molecule has 9 nitrogen and oxygen atoms in total. The first-order valence-electron chi connectivity index (χ1n) is 9.88. The summed E-state index contributed by atoms with van der Waals surface area (Å²) in [6.07, 6.45) is 1.47. The highest BCUT2D eigenvalue weighted by atomic mass is 16.5. The lowest BCUT2D eigenvalue weighted by atomic mass is 10.2. The molecule has 1 aromatic carbocycles. The van der Waals surface area contributed by atoms with Crippen LogP contribution in [-0.2, 0) is 4.79 Å². The number of piperazine rings is 1. The molecule has 0 aliphatic carbocycles. The summed E-state index contributed by atoms with van der Waals surface area (Å²) in [5, 5.41) is 0. The van der Waals surface area contributed by atoms with E-state index in [1.54, 1.807) is 51.0 Å². The van der Waals surface area contributed by atoms with Crippen molar-refractivity contribution in [3.8, 4) is 5.75 Å². The standard InChI is InChI=1S/C21H24N4O5/c1-29-17-6-4-16(5-7-17)25-13-12-24(21(25)28)15-19(26)22-8-10-23(11-9-22)20(27)18-3-2-14-30-18/h2-7,14H,8-13,15H2,1H3. The molecule has 0 bridgehead atoms. The molecule has 0 spiro atoms. The summed E-state index contributed by atoms with van der Waals surface area (Å²) >= 11 is 0. The zero-order chi connectivity index (χ0) is 21.1. The van der Waals surface area contributed by atoms with Crippen molar-refractivity contribution in [3.63, 3.8) is 0 Å². The molecule has 0 N–H and O–H groups in total. The summed E-state index contributed by atoms with van der Waals surface area (Å²) in [4.78, 5) is 44.4. The molecule has 2 aliphatic heterocycles. The molecule has 158 valence electrons. The third kappa shape index (κ3) is 3.96. The van der Waals surface area contributed by atoms with Crippen LogP contribution in [-0.4, -0.2) is 85.5 Å². The molecule has 3 heterocycles. The fraction of sp³-hybridized carbons (Fsp3) is 0.381. The number of ether oxygens (including phenoxy) is 1. The average Bonchev–Trinajstić information content (AvgIpc) is 3.44. The van der Waals surface area contributed by atoms with Gasteiger partial charge in [0.25, 0.3) is 5.91 Å². The molecule has 4 rings (SSSR count). The number of nitrogens with zero attached hydrogens (tertiary/aromatic N) is 4. The number of methoxy groups -OCH3 is 1. The van der Waals surface area contributed by atoms with Crippen molar-refractivity contribution >= 4 is 23.5 Å². The predicted octanol–water partition coefficient (Wildman–Crippen LogP) is 1.51. The molecule has 4 amide bonds. The van der Waals surface area contributed by atoms with Crippen molar-refractivity contribution in [1.82, 2.24) is 14.7 Å². The van der Waals surface area contributed by atoms with Gasteiger partial charge in [0.1, 0.15) is 12.3 Å². The molecule has 30 heavy (non-hydrogen) atoms. The summed E-state index contributed by atoms with van der Waals surface area (Å²) in [5.74, 6) is 0.750. The van der Waals surface area contributed by atoms with Crippen LogP contribution in [0, 0.1) is 0 Å². The predicted molar refractivity (Wildman–Crippen MR) is 109 cm³/mol. The summed E-state index contributed by atoms with van der Waals surface area (Å²) < 4.78 is 10.3. The fourth-order valence-corrected chi connectivity index (χ4v) is 3.71. The van der Waals surface area contributed by atoms with Crippen LogP contribution in [0.15, 0.2) is 47.1 Å². The van der Waals surface area contributed by atoms with Gasteiger partial charge in [-0.1, -0.05) is 0 Å². The molecule has 2 aliphatic rings. The minimum absolute atomic E-state index is 0.0393.